The molecule has 2 aromatic carbocycles. The maximum absolute atomic E-state index is 12.9. The second-order valence-corrected chi connectivity index (χ2v) is 9.05. The van der Waals surface area contributed by atoms with Crippen molar-refractivity contribution in [3.05, 3.63) is 59.7 Å². The van der Waals surface area contributed by atoms with E-state index in [1.165, 1.54) is 4.90 Å². The zero-order chi connectivity index (χ0) is 23.6. The molecule has 2 aliphatic carbocycles. The number of benzene rings is 2. The number of hydrogen-bond acceptors (Lipinski definition) is 4. The predicted molar refractivity (Wildman–Crippen MR) is 124 cm³/mol. The molecule has 0 bridgehead atoms. The molecule has 7 nitrogen and oxygen atoms in total. The monoisotopic (exact) mass is 450 g/mol. The number of fused-ring (bicyclic) bond motifs is 3. The Labute approximate surface area is 193 Å². The second kappa shape index (κ2) is 9.25. The van der Waals surface area contributed by atoms with Crippen LogP contribution in [0.2, 0.25) is 0 Å². The van der Waals surface area contributed by atoms with Crippen LogP contribution in [0.3, 0.4) is 0 Å². The number of hydrogen-bond donors (Lipinski definition) is 2. The Morgan fingerprint density at radius 3 is 2.15 bits per heavy atom. The number of carboxylic acids is 1. The smallest absolute Gasteiger partial charge is 0.407 e. The lowest BCUT2D eigenvalue weighted by molar-refractivity contribution is -0.158. The van der Waals surface area contributed by atoms with Gasteiger partial charge in [-0.3, -0.25) is 4.79 Å². The van der Waals surface area contributed by atoms with Crippen LogP contribution in [-0.2, 0) is 14.3 Å². The van der Waals surface area contributed by atoms with Gasteiger partial charge in [-0.2, -0.15) is 0 Å². The van der Waals surface area contributed by atoms with Crippen LogP contribution in [-0.4, -0.2) is 53.7 Å². The molecule has 174 valence electrons. The highest BCUT2D eigenvalue weighted by atomic mass is 16.5. The minimum absolute atomic E-state index is 0.0360. The third kappa shape index (κ3) is 4.19. The molecule has 0 aliphatic heterocycles. The van der Waals surface area contributed by atoms with Crippen molar-refractivity contribution in [2.24, 2.45) is 5.92 Å². The first-order valence-corrected chi connectivity index (χ1v) is 11.4. The van der Waals surface area contributed by atoms with E-state index < -0.39 is 23.5 Å². The van der Waals surface area contributed by atoms with E-state index in [1.54, 1.807) is 14.0 Å². The van der Waals surface area contributed by atoms with E-state index >= 15 is 0 Å². The first-order chi connectivity index (χ1) is 15.8. The topological polar surface area (TPSA) is 95.9 Å². The van der Waals surface area contributed by atoms with E-state index in [9.17, 15) is 19.5 Å². The van der Waals surface area contributed by atoms with Gasteiger partial charge in [-0.25, -0.2) is 9.59 Å². The van der Waals surface area contributed by atoms with Gasteiger partial charge in [0, 0.05) is 19.5 Å². The summed E-state index contributed by atoms with van der Waals surface area (Å²) in [5.74, 6) is -1.86. The van der Waals surface area contributed by atoms with Gasteiger partial charge in [0.05, 0.1) is 5.92 Å². The number of amides is 2. The molecular formula is C26H30N2O5. The van der Waals surface area contributed by atoms with Gasteiger partial charge in [-0.15, -0.1) is 0 Å². The third-order valence-electron chi connectivity index (χ3n) is 7.12. The quantitative estimate of drug-likeness (QED) is 0.664. The van der Waals surface area contributed by atoms with Crippen molar-refractivity contribution in [2.45, 2.75) is 44.1 Å². The van der Waals surface area contributed by atoms with Crippen molar-refractivity contribution in [3.63, 3.8) is 0 Å². The molecule has 0 aromatic heterocycles. The number of carbonyl (C=O) groups is 3. The molecule has 1 atom stereocenters. The molecule has 1 fully saturated rings. The molecule has 2 N–H and O–H groups in total. The maximum atomic E-state index is 12.9. The summed E-state index contributed by atoms with van der Waals surface area (Å²) in [6.07, 6.45) is 1.90. The van der Waals surface area contributed by atoms with Gasteiger partial charge in [-0.05, 0) is 35.1 Å². The average Bonchev–Trinajstić information content (AvgIpc) is 3.45. The number of alkyl carbamates (subject to hydrolysis) is 1. The summed E-state index contributed by atoms with van der Waals surface area (Å²) in [5.41, 5.74) is 3.43. The molecule has 33 heavy (non-hydrogen) atoms. The Kier molecular flexibility index (Phi) is 6.40. The lowest BCUT2D eigenvalue weighted by atomic mass is 9.94. The zero-order valence-corrected chi connectivity index (χ0v) is 19.0. The Morgan fingerprint density at radius 1 is 1.06 bits per heavy atom. The van der Waals surface area contributed by atoms with E-state index in [0.29, 0.717) is 12.8 Å². The van der Waals surface area contributed by atoms with Crippen LogP contribution >= 0.6 is 0 Å². The van der Waals surface area contributed by atoms with Crippen LogP contribution in [0.5, 0.6) is 0 Å². The fourth-order valence-electron chi connectivity index (χ4n) is 5.17. The molecule has 4 rings (SSSR count). The number of rotatable bonds is 7. The van der Waals surface area contributed by atoms with Crippen molar-refractivity contribution < 1.29 is 24.2 Å². The minimum atomic E-state index is -1.14. The molecule has 1 unspecified atom stereocenters. The summed E-state index contributed by atoms with van der Waals surface area (Å²) >= 11 is 0. The van der Waals surface area contributed by atoms with Crippen molar-refractivity contribution in [1.29, 1.82) is 0 Å². The van der Waals surface area contributed by atoms with Crippen molar-refractivity contribution in [3.8, 4) is 11.1 Å². The van der Waals surface area contributed by atoms with Crippen LogP contribution in [0, 0.1) is 5.92 Å². The van der Waals surface area contributed by atoms with E-state index in [4.69, 9.17) is 4.74 Å². The average molecular weight is 451 g/mol. The Hall–Kier alpha value is -3.35. The SMILES string of the molecule is CC(CNC(=O)OCC1c2ccccc2-c2ccccc21)C(=O)N(C)C1(C(=O)O)CCCC1. The van der Waals surface area contributed by atoms with E-state index in [-0.39, 0.29) is 25.0 Å². The summed E-state index contributed by atoms with van der Waals surface area (Å²) < 4.78 is 5.52. The van der Waals surface area contributed by atoms with Crippen molar-refractivity contribution in [2.75, 3.05) is 20.2 Å². The van der Waals surface area contributed by atoms with Crippen LogP contribution < -0.4 is 5.32 Å². The van der Waals surface area contributed by atoms with E-state index in [1.807, 2.05) is 24.3 Å². The molecule has 2 aromatic rings. The third-order valence-corrected chi connectivity index (χ3v) is 7.12. The number of likely N-dealkylation sites (N-methyl/N-ethyl adjacent to an activating group) is 1. The van der Waals surface area contributed by atoms with Gasteiger partial charge >= 0.3 is 12.1 Å². The number of carboxylic acid groups (broad SMARTS) is 1. The Balaban J connectivity index is 1.33. The molecule has 0 spiro atoms. The van der Waals surface area contributed by atoms with E-state index in [2.05, 4.69) is 29.6 Å². The highest BCUT2D eigenvalue weighted by molar-refractivity contribution is 5.88. The van der Waals surface area contributed by atoms with Gasteiger partial charge in [0.2, 0.25) is 5.91 Å². The Morgan fingerprint density at radius 2 is 1.61 bits per heavy atom. The van der Waals surface area contributed by atoms with E-state index in [0.717, 1.165) is 35.1 Å². The molecule has 2 aliphatic rings. The van der Waals surface area contributed by atoms with Gasteiger partial charge in [-0.1, -0.05) is 68.3 Å². The fourth-order valence-corrected chi connectivity index (χ4v) is 5.17. The summed E-state index contributed by atoms with van der Waals surface area (Å²) in [6.45, 7) is 1.97. The highest BCUT2D eigenvalue weighted by Gasteiger charge is 2.47. The summed E-state index contributed by atoms with van der Waals surface area (Å²) in [4.78, 5) is 38.5. The molecular weight excluding hydrogens is 420 g/mol. The van der Waals surface area contributed by atoms with Gasteiger partial charge in [0.25, 0.3) is 0 Å². The summed E-state index contributed by atoms with van der Waals surface area (Å²) in [7, 11) is 1.55. The molecule has 1 saturated carbocycles. The normalized spacial score (nSPS) is 17.0. The van der Waals surface area contributed by atoms with Crippen LogP contribution in [0.25, 0.3) is 11.1 Å². The molecule has 0 heterocycles. The number of nitrogens with one attached hydrogen (secondary N) is 1. The minimum Gasteiger partial charge on any atom is -0.479 e. The number of nitrogens with zero attached hydrogens (tertiary/aromatic N) is 1. The van der Waals surface area contributed by atoms with Crippen LogP contribution in [0.4, 0.5) is 4.79 Å². The van der Waals surface area contributed by atoms with Gasteiger partial charge < -0.3 is 20.1 Å². The number of ether oxygens (including phenoxy) is 1. The molecule has 7 heteroatoms. The fraction of sp³-hybridized carbons (Fsp3) is 0.423. The largest absolute Gasteiger partial charge is 0.479 e. The van der Waals surface area contributed by atoms with Crippen LogP contribution in [0.15, 0.2) is 48.5 Å². The second-order valence-electron chi connectivity index (χ2n) is 9.05. The van der Waals surface area contributed by atoms with Crippen LogP contribution in [0.1, 0.15) is 49.7 Å². The highest BCUT2D eigenvalue weighted by Crippen LogP contribution is 2.44. The number of aliphatic carboxylic acids is 1. The summed E-state index contributed by atoms with van der Waals surface area (Å²) in [5, 5.41) is 12.4. The van der Waals surface area contributed by atoms with Gasteiger partial charge in [0.1, 0.15) is 12.1 Å². The standard InChI is InChI=1S/C26H30N2O5/c1-17(23(29)28(2)26(24(30)31)13-7-8-14-26)15-27-25(32)33-16-22-20-11-5-3-9-18(20)19-10-4-6-12-21(19)22/h3-6,9-12,17,22H,7-8,13-16H2,1-2H3,(H,27,32)(H,30,31). The number of carbonyl (C=O) groups excluding carboxylic acids is 2. The first kappa shape index (κ1) is 22.8. The van der Waals surface area contributed by atoms with Gasteiger partial charge in [0.15, 0.2) is 0 Å². The van der Waals surface area contributed by atoms with Crippen molar-refractivity contribution in [1.82, 2.24) is 10.2 Å². The summed E-state index contributed by atoms with van der Waals surface area (Å²) in [6, 6.07) is 16.2. The zero-order valence-electron chi connectivity index (χ0n) is 19.0. The lowest BCUT2D eigenvalue weighted by Gasteiger charge is -2.36. The molecule has 0 saturated heterocycles. The Bertz CT molecular complexity index is 1010. The molecule has 0 radical (unpaired) electrons. The maximum Gasteiger partial charge on any atom is 0.407 e. The molecule has 2 amide bonds. The predicted octanol–water partition coefficient (Wildman–Crippen LogP) is 4.02. The first-order valence-electron chi connectivity index (χ1n) is 11.4. The van der Waals surface area contributed by atoms with Crippen molar-refractivity contribution >= 4 is 18.0 Å². The lowest BCUT2D eigenvalue weighted by Crippen LogP contribution is -2.55.